The molecule has 3 aromatic rings. The van der Waals surface area contributed by atoms with E-state index in [1.54, 1.807) is 0 Å². The van der Waals surface area contributed by atoms with Crippen LogP contribution in [0.2, 0.25) is 0 Å². The molecule has 0 saturated heterocycles. The molecule has 0 unspecified atom stereocenters. The molecule has 4 heterocycles. The predicted octanol–water partition coefficient (Wildman–Crippen LogP) is 3.46. The highest BCUT2D eigenvalue weighted by Gasteiger charge is 2.21. The molecule has 9 heteroatoms. The summed E-state index contributed by atoms with van der Waals surface area (Å²) < 4.78 is 0. The van der Waals surface area contributed by atoms with Gasteiger partial charge in [-0.25, -0.2) is 9.97 Å². The van der Waals surface area contributed by atoms with Gasteiger partial charge < -0.3 is 19.2 Å². The van der Waals surface area contributed by atoms with E-state index in [-0.39, 0.29) is 0 Å². The van der Waals surface area contributed by atoms with Crippen LogP contribution in [0.1, 0.15) is 0 Å². The van der Waals surface area contributed by atoms with Crippen molar-refractivity contribution in [2.75, 3.05) is 28.6 Å². The van der Waals surface area contributed by atoms with Crippen molar-refractivity contribution in [2.24, 2.45) is 0 Å². The normalized spacial score (nSPS) is 14.8. The van der Waals surface area contributed by atoms with E-state index < -0.39 is 0 Å². The van der Waals surface area contributed by atoms with Gasteiger partial charge in [0, 0.05) is 30.5 Å². The Labute approximate surface area is 184 Å². The van der Waals surface area contributed by atoms with E-state index in [1.807, 2.05) is 128 Å². The molecule has 2 radical (unpaired) electrons. The van der Waals surface area contributed by atoms with Crippen LogP contribution in [0.5, 0.6) is 0 Å². The minimum Gasteiger partial charge on any atom is -0.406 e. The molecular weight excluding hydrogens is 384 g/mol. The van der Waals surface area contributed by atoms with Crippen molar-refractivity contribution in [3.8, 4) is 0 Å². The van der Waals surface area contributed by atoms with Crippen LogP contribution in [0.25, 0.3) is 0 Å². The van der Waals surface area contributed by atoms with Gasteiger partial charge in [0.05, 0.1) is 0 Å². The highest BCUT2D eigenvalue weighted by molar-refractivity contribution is 6.41. The van der Waals surface area contributed by atoms with Crippen LogP contribution >= 0.6 is 0 Å². The first-order valence-corrected chi connectivity index (χ1v) is 10.0. The summed E-state index contributed by atoms with van der Waals surface area (Å²) in [6.07, 6.45) is 7.96. The smallest absolute Gasteiger partial charge is 0.396 e. The van der Waals surface area contributed by atoms with Crippen molar-refractivity contribution in [2.45, 2.75) is 0 Å². The summed E-state index contributed by atoms with van der Waals surface area (Å²) >= 11 is 0. The fourth-order valence-electron chi connectivity index (χ4n) is 3.49. The lowest BCUT2D eigenvalue weighted by atomic mass is 10.1. The lowest BCUT2D eigenvalue weighted by Crippen LogP contribution is -2.28. The van der Waals surface area contributed by atoms with Gasteiger partial charge >= 0.3 is 15.1 Å². The predicted molar refractivity (Wildman–Crippen MR) is 127 cm³/mol. The maximum Gasteiger partial charge on any atom is 0.396 e. The quantitative estimate of drug-likeness (QED) is 0.603. The van der Waals surface area contributed by atoms with Crippen molar-refractivity contribution in [1.29, 1.82) is 0 Å². The van der Waals surface area contributed by atoms with Crippen LogP contribution in [0, 0.1) is 0 Å². The molecule has 2 aliphatic heterocycles. The summed E-state index contributed by atoms with van der Waals surface area (Å²) in [5.74, 6) is 3.27. The first-order chi connectivity index (χ1) is 15.2. The Morgan fingerprint density at radius 2 is 1.13 bits per heavy atom. The van der Waals surface area contributed by atoms with E-state index in [1.165, 1.54) is 0 Å². The van der Waals surface area contributed by atoms with E-state index in [0.29, 0.717) is 0 Å². The van der Waals surface area contributed by atoms with Crippen LogP contribution < -0.4 is 14.5 Å². The Balaban J connectivity index is 1.55. The van der Waals surface area contributed by atoms with Crippen LogP contribution in [0.15, 0.2) is 91.5 Å². The molecule has 2 aromatic heterocycles. The zero-order chi connectivity index (χ0) is 21.2. The Bertz CT molecular complexity index is 1050. The van der Waals surface area contributed by atoms with Crippen molar-refractivity contribution >= 4 is 44.1 Å². The summed E-state index contributed by atoms with van der Waals surface area (Å²) in [5, 5.41) is 0. The summed E-state index contributed by atoms with van der Waals surface area (Å²) in [6.45, 7) is 0. The number of aromatic nitrogens is 2. The number of rotatable bonds is 5. The first-order valence-electron chi connectivity index (χ1n) is 10.0. The Hall–Kier alpha value is -3.87. The average Bonchev–Trinajstić information content (AvgIpc) is 3.44. The summed E-state index contributed by atoms with van der Waals surface area (Å²) in [6, 6.07) is 22.2. The number of hydrogen-bond acceptors (Lipinski definition) is 7. The minimum atomic E-state index is 0.794. The first kappa shape index (κ1) is 19.1. The Morgan fingerprint density at radius 1 is 0.613 bits per heavy atom. The van der Waals surface area contributed by atoms with Gasteiger partial charge in [0.2, 0.25) is 0 Å². The molecule has 0 spiro atoms. The molecule has 0 amide bonds. The fraction of sp³-hybridized carbons (Fsp3) is 0.0909. The monoisotopic (exact) mass is 405 g/mol. The number of hydrogen-bond donors (Lipinski definition) is 0. The number of nitrogens with zero attached hydrogens (tertiary/aromatic N) is 7. The maximum absolute atomic E-state index is 4.94. The second-order valence-electron chi connectivity index (χ2n) is 7.35. The number of anilines is 5. The third kappa shape index (κ3) is 3.94. The van der Waals surface area contributed by atoms with Crippen LogP contribution in [-0.4, -0.2) is 48.8 Å². The molecule has 150 valence electrons. The lowest BCUT2D eigenvalue weighted by Gasteiger charge is -2.26. The average molecular weight is 405 g/mol. The van der Waals surface area contributed by atoms with Crippen LogP contribution in [0.3, 0.4) is 0 Å². The van der Waals surface area contributed by atoms with Crippen molar-refractivity contribution in [1.82, 2.24) is 19.6 Å². The van der Waals surface area contributed by atoms with E-state index in [4.69, 9.17) is 9.97 Å². The second-order valence-corrected chi connectivity index (χ2v) is 7.35. The standard InChI is InChI=1S/C22H21B2N7/c1-27-14-16-29(23-27)19-10-6-12-21(25-19)31(18-8-4-3-5-9-18)22-13-7-11-20(26-22)30-17-15-28(2)24-30/h3-17H,1-2H3. The largest absolute Gasteiger partial charge is 0.406 e. The van der Waals surface area contributed by atoms with Gasteiger partial charge in [0.15, 0.2) is 0 Å². The Morgan fingerprint density at radius 3 is 1.58 bits per heavy atom. The van der Waals surface area contributed by atoms with Gasteiger partial charge in [-0.1, -0.05) is 30.3 Å². The summed E-state index contributed by atoms with van der Waals surface area (Å²) in [7, 11) is 7.97. The van der Waals surface area contributed by atoms with E-state index >= 15 is 0 Å². The molecule has 31 heavy (non-hydrogen) atoms. The third-order valence-electron chi connectivity index (χ3n) is 4.98. The molecule has 0 atom stereocenters. The SMILES string of the molecule is CN1[B]N(c2cccc(N(c3ccccc3)c3cccc(N4[B]N(C)C=C4)n3)n2)C=C1. The molecule has 0 N–H and O–H groups in total. The van der Waals surface area contributed by atoms with Crippen molar-refractivity contribution in [3.63, 3.8) is 0 Å². The maximum atomic E-state index is 4.94. The number of benzene rings is 1. The third-order valence-corrected chi connectivity index (χ3v) is 4.98. The summed E-state index contributed by atoms with van der Waals surface area (Å²) in [4.78, 5) is 19.9. The lowest BCUT2D eigenvalue weighted by molar-refractivity contribution is 0.746. The molecule has 0 fully saturated rings. The van der Waals surface area contributed by atoms with Crippen LogP contribution in [-0.2, 0) is 0 Å². The molecule has 2 aliphatic rings. The van der Waals surface area contributed by atoms with Crippen LogP contribution in [0.4, 0.5) is 29.0 Å². The van der Waals surface area contributed by atoms with Gasteiger partial charge in [0.1, 0.15) is 23.3 Å². The second kappa shape index (κ2) is 8.10. The van der Waals surface area contributed by atoms with E-state index in [9.17, 15) is 0 Å². The molecule has 0 aliphatic carbocycles. The highest BCUT2D eigenvalue weighted by Crippen LogP contribution is 2.34. The topological polar surface area (TPSA) is 42.0 Å². The molecule has 5 rings (SSSR count). The van der Waals surface area contributed by atoms with Crippen molar-refractivity contribution < 1.29 is 0 Å². The zero-order valence-electron chi connectivity index (χ0n) is 17.4. The van der Waals surface area contributed by atoms with Gasteiger partial charge in [-0.3, -0.25) is 4.90 Å². The number of para-hydroxylation sites is 1. The molecule has 7 nitrogen and oxygen atoms in total. The van der Waals surface area contributed by atoms with Gasteiger partial charge in [-0.2, -0.15) is 0 Å². The molecule has 0 saturated carbocycles. The van der Waals surface area contributed by atoms with E-state index in [0.717, 1.165) is 29.0 Å². The van der Waals surface area contributed by atoms with Gasteiger partial charge in [-0.05, 0) is 50.5 Å². The number of pyridine rings is 2. The van der Waals surface area contributed by atoms with Gasteiger partial charge in [0.25, 0.3) is 0 Å². The molecule has 0 bridgehead atoms. The Kier molecular flexibility index (Phi) is 5.00. The van der Waals surface area contributed by atoms with Crippen molar-refractivity contribution in [3.05, 3.63) is 91.5 Å². The molecule has 1 aromatic carbocycles. The minimum absolute atomic E-state index is 0.794. The fourth-order valence-corrected chi connectivity index (χ4v) is 3.49. The zero-order valence-corrected chi connectivity index (χ0v) is 17.4. The van der Waals surface area contributed by atoms with E-state index in [2.05, 4.69) is 17.0 Å². The van der Waals surface area contributed by atoms with Gasteiger partial charge in [-0.15, -0.1) is 0 Å². The summed E-state index contributed by atoms with van der Waals surface area (Å²) in [5.41, 5.74) is 0.993. The highest BCUT2D eigenvalue weighted by atomic mass is 15.3. The molecular formula is C22H21B2N7.